The molecule has 0 heterocycles. The van der Waals surface area contributed by atoms with E-state index < -0.39 is 0 Å². The van der Waals surface area contributed by atoms with E-state index in [0.29, 0.717) is 6.04 Å². The largest absolute Gasteiger partial charge is 0.382 e. The van der Waals surface area contributed by atoms with E-state index in [0.717, 1.165) is 15.4 Å². The highest BCUT2D eigenvalue weighted by atomic mass is 79.9. The summed E-state index contributed by atoms with van der Waals surface area (Å²) in [6, 6.07) is 6.70. The molecule has 0 bridgehead atoms. The van der Waals surface area contributed by atoms with Gasteiger partial charge < -0.3 is 5.32 Å². The minimum atomic E-state index is 0.620. The molecule has 2 rings (SSSR count). The first-order valence-electron chi connectivity index (χ1n) is 6.90. The average Bonchev–Trinajstić information content (AvgIpc) is 2.59. The van der Waals surface area contributed by atoms with Crippen molar-refractivity contribution in [2.45, 2.75) is 51.5 Å². The summed E-state index contributed by atoms with van der Waals surface area (Å²) >= 11 is 9.49. The standard InChI is InChI=1S/C15H21BrClN/c1-2-11-4-3-5-12(7-6-11)18-13-8-9-15(17)14(16)10-13/h8-12,18H,2-7H2,1H3. The molecule has 3 heteroatoms. The first kappa shape index (κ1) is 14.2. The lowest BCUT2D eigenvalue weighted by molar-refractivity contribution is 0.444. The normalized spacial score (nSPS) is 24.6. The van der Waals surface area contributed by atoms with Crippen molar-refractivity contribution in [2.24, 2.45) is 5.92 Å². The van der Waals surface area contributed by atoms with Gasteiger partial charge in [0.2, 0.25) is 0 Å². The number of rotatable bonds is 3. The van der Waals surface area contributed by atoms with Crippen LogP contribution in [0.25, 0.3) is 0 Å². The molecular formula is C15H21BrClN. The predicted octanol–water partition coefficient (Wildman–Crippen LogP) is 5.87. The summed E-state index contributed by atoms with van der Waals surface area (Å²) in [5.41, 5.74) is 1.17. The Morgan fingerprint density at radius 2 is 2.11 bits per heavy atom. The van der Waals surface area contributed by atoms with Crippen molar-refractivity contribution in [1.82, 2.24) is 0 Å². The zero-order chi connectivity index (χ0) is 13.0. The van der Waals surface area contributed by atoms with Crippen LogP contribution in [0.1, 0.15) is 45.4 Å². The topological polar surface area (TPSA) is 12.0 Å². The molecule has 0 spiro atoms. The first-order chi connectivity index (χ1) is 8.69. The van der Waals surface area contributed by atoms with Crippen LogP contribution in [0, 0.1) is 5.92 Å². The highest BCUT2D eigenvalue weighted by Crippen LogP contribution is 2.29. The molecule has 0 aliphatic heterocycles. The number of hydrogen-bond acceptors (Lipinski definition) is 1. The van der Waals surface area contributed by atoms with E-state index in [-0.39, 0.29) is 0 Å². The van der Waals surface area contributed by atoms with Crippen molar-refractivity contribution < 1.29 is 0 Å². The SMILES string of the molecule is CCC1CCCC(Nc2ccc(Cl)c(Br)c2)CC1. The molecule has 1 saturated carbocycles. The van der Waals surface area contributed by atoms with E-state index in [1.54, 1.807) is 0 Å². The molecule has 0 aromatic heterocycles. The molecular weight excluding hydrogens is 310 g/mol. The van der Waals surface area contributed by atoms with Gasteiger partial charge in [0.05, 0.1) is 5.02 Å². The number of benzene rings is 1. The fraction of sp³-hybridized carbons (Fsp3) is 0.600. The smallest absolute Gasteiger partial charge is 0.0549 e. The quantitative estimate of drug-likeness (QED) is 0.683. The van der Waals surface area contributed by atoms with Gasteiger partial charge in [0.25, 0.3) is 0 Å². The monoisotopic (exact) mass is 329 g/mol. The summed E-state index contributed by atoms with van der Waals surface area (Å²) in [4.78, 5) is 0. The molecule has 1 fully saturated rings. The lowest BCUT2D eigenvalue weighted by atomic mass is 9.98. The second-order valence-electron chi connectivity index (χ2n) is 5.25. The number of nitrogens with one attached hydrogen (secondary N) is 1. The minimum absolute atomic E-state index is 0.620. The van der Waals surface area contributed by atoms with Gasteiger partial charge in [-0.05, 0) is 59.3 Å². The van der Waals surface area contributed by atoms with Crippen LogP contribution >= 0.6 is 27.5 Å². The first-order valence-corrected chi connectivity index (χ1v) is 8.07. The van der Waals surface area contributed by atoms with Gasteiger partial charge in [0.15, 0.2) is 0 Å². The molecule has 1 aliphatic rings. The number of hydrogen-bond donors (Lipinski definition) is 1. The van der Waals surface area contributed by atoms with Gasteiger partial charge >= 0.3 is 0 Å². The summed E-state index contributed by atoms with van der Waals surface area (Å²) in [6.45, 7) is 2.31. The molecule has 1 aromatic carbocycles. The van der Waals surface area contributed by atoms with E-state index in [2.05, 4.69) is 40.3 Å². The predicted molar refractivity (Wildman–Crippen MR) is 83.4 cm³/mol. The Morgan fingerprint density at radius 3 is 2.83 bits per heavy atom. The van der Waals surface area contributed by atoms with Crippen LogP contribution in [0.5, 0.6) is 0 Å². The molecule has 1 aliphatic carbocycles. The van der Waals surface area contributed by atoms with Crippen molar-refractivity contribution in [1.29, 1.82) is 0 Å². The van der Waals surface area contributed by atoms with E-state index in [9.17, 15) is 0 Å². The summed E-state index contributed by atoms with van der Waals surface area (Å²) in [5.74, 6) is 0.939. The van der Waals surface area contributed by atoms with Crippen molar-refractivity contribution in [2.75, 3.05) is 5.32 Å². The highest BCUT2D eigenvalue weighted by Gasteiger charge is 2.17. The molecule has 0 amide bonds. The summed E-state index contributed by atoms with van der Waals surface area (Å²) in [6.07, 6.45) is 8.03. The summed E-state index contributed by atoms with van der Waals surface area (Å²) in [7, 11) is 0. The molecule has 2 atom stereocenters. The average molecular weight is 331 g/mol. The summed E-state index contributed by atoms with van der Waals surface area (Å²) < 4.78 is 0.967. The Kier molecular flexibility index (Phi) is 5.38. The third kappa shape index (κ3) is 3.89. The Labute approximate surface area is 123 Å². The van der Waals surface area contributed by atoms with Crippen molar-refractivity contribution in [3.05, 3.63) is 27.7 Å². The van der Waals surface area contributed by atoms with Crippen molar-refractivity contribution in [3.8, 4) is 0 Å². The van der Waals surface area contributed by atoms with Gasteiger partial charge in [0.1, 0.15) is 0 Å². The summed E-state index contributed by atoms with van der Waals surface area (Å²) in [5, 5.41) is 4.42. The van der Waals surface area contributed by atoms with Gasteiger partial charge in [0, 0.05) is 16.2 Å². The number of halogens is 2. The molecule has 2 unspecified atom stereocenters. The van der Waals surface area contributed by atoms with E-state index in [1.807, 2.05) is 6.07 Å². The fourth-order valence-corrected chi connectivity index (χ4v) is 3.25. The van der Waals surface area contributed by atoms with Crippen molar-refractivity contribution >= 4 is 33.2 Å². The maximum atomic E-state index is 6.01. The second kappa shape index (κ2) is 6.81. The van der Waals surface area contributed by atoms with Crippen LogP contribution in [0.3, 0.4) is 0 Å². The van der Waals surface area contributed by atoms with Crippen LogP contribution in [0.2, 0.25) is 5.02 Å². The maximum absolute atomic E-state index is 6.01. The van der Waals surface area contributed by atoms with Crippen LogP contribution in [0.4, 0.5) is 5.69 Å². The molecule has 1 aromatic rings. The van der Waals surface area contributed by atoms with E-state index >= 15 is 0 Å². The Morgan fingerprint density at radius 1 is 1.28 bits per heavy atom. The molecule has 0 radical (unpaired) electrons. The van der Waals surface area contributed by atoms with E-state index in [1.165, 1.54) is 44.2 Å². The Bertz CT molecular complexity index is 394. The molecule has 18 heavy (non-hydrogen) atoms. The molecule has 0 saturated heterocycles. The van der Waals surface area contributed by atoms with Crippen LogP contribution in [0.15, 0.2) is 22.7 Å². The third-order valence-corrected chi connectivity index (χ3v) is 5.17. The lowest BCUT2D eigenvalue weighted by Crippen LogP contribution is -2.18. The van der Waals surface area contributed by atoms with Gasteiger partial charge in [-0.3, -0.25) is 0 Å². The minimum Gasteiger partial charge on any atom is -0.382 e. The molecule has 100 valence electrons. The molecule has 1 N–H and O–H groups in total. The zero-order valence-electron chi connectivity index (χ0n) is 10.9. The fourth-order valence-electron chi connectivity index (χ4n) is 2.75. The third-order valence-electron chi connectivity index (χ3n) is 3.96. The van der Waals surface area contributed by atoms with Crippen molar-refractivity contribution in [3.63, 3.8) is 0 Å². The number of anilines is 1. The second-order valence-corrected chi connectivity index (χ2v) is 6.51. The van der Waals surface area contributed by atoms with Gasteiger partial charge in [-0.1, -0.05) is 37.8 Å². The molecule has 1 nitrogen and oxygen atoms in total. The van der Waals surface area contributed by atoms with Gasteiger partial charge in [-0.25, -0.2) is 0 Å². The Hall–Kier alpha value is -0.210. The maximum Gasteiger partial charge on any atom is 0.0549 e. The van der Waals surface area contributed by atoms with Crippen LogP contribution in [-0.2, 0) is 0 Å². The van der Waals surface area contributed by atoms with Crippen LogP contribution in [-0.4, -0.2) is 6.04 Å². The Balaban J connectivity index is 1.94. The zero-order valence-corrected chi connectivity index (χ0v) is 13.2. The van der Waals surface area contributed by atoms with Gasteiger partial charge in [-0.15, -0.1) is 0 Å². The lowest BCUT2D eigenvalue weighted by Gasteiger charge is -2.18. The highest BCUT2D eigenvalue weighted by molar-refractivity contribution is 9.10. The van der Waals surface area contributed by atoms with E-state index in [4.69, 9.17) is 11.6 Å². The van der Waals surface area contributed by atoms with Gasteiger partial charge in [-0.2, -0.15) is 0 Å². The van der Waals surface area contributed by atoms with Crippen LogP contribution < -0.4 is 5.32 Å².